The molecule has 0 radical (unpaired) electrons. The Balaban J connectivity index is 2.74. The Kier molecular flexibility index (Phi) is 4.42. The first-order valence-electron chi connectivity index (χ1n) is 4.25. The first kappa shape index (κ1) is 11.5. The molecule has 0 aliphatic carbocycles. The van der Waals surface area contributed by atoms with Crippen LogP contribution in [0.5, 0.6) is 0 Å². The number of amides is 1. The molecule has 0 bridgehead atoms. The lowest BCUT2D eigenvalue weighted by Crippen LogP contribution is -2.27. The van der Waals surface area contributed by atoms with Crippen LogP contribution < -0.4 is 5.32 Å². The molecule has 76 valence electrons. The fourth-order valence-electron chi connectivity index (χ4n) is 1.18. The Hall–Kier alpha value is -0.540. The summed E-state index contributed by atoms with van der Waals surface area (Å²) in [6.45, 7) is 1.92. The molecule has 0 heterocycles. The molecule has 1 aromatic carbocycles. The Morgan fingerprint density at radius 1 is 1.57 bits per heavy atom. The monoisotopic (exact) mass is 275 g/mol. The van der Waals surface area contributed by atoms with Gasteiger partial charge in [0.1, 0.15) is 5.88 Å². The van der Waals surface area contributed by atoms with E-state index < -0.39 is 0 Å². The van der Waals surface area contributed by atoms with Crippen LogP contribution in [-0.2, 0) is 4.79 Å². The number of rotatable bonds is 3. The first-order chi connectivity index (χ1) is 6.65. The molecule has 0 unspecified atom stereocenters. The van der Waals surface area contributed by atoms with E-state index >= 15 is 0 Å². The topological polar surface area (TPSA) is 29.1 Å². The molecule has 4 heteroatoms. The van der Waals surface area contributed by atoms with Gasteiger partial charge in [-0.3, -0.25) is 4.79 Å². The Labute approximate surface area is 96.8 Å². The third kappa shape index (κ3) is 3.00. The lowest BCUT2D eigenvalue weighted by molar-refractivity contribution is -0.119. The molecule has 1 amide bonds. The fraction of sp³-hybridized carbons (Fsp3) is 0.300. The highest BCUT2D eigenvalue weighted by Crippen LogP contribution is 2.22. The van der Waals surface area contributed by atoms with Crippen molar-refractivity contribution in [1.29, 1.82) is 0 Å². The molecule has 0 spiro atoms. The van der Waals surface area contributed by atoms with Crippen LogP contribution in [0.1, 0.15) is 18.5 Å². The van der Waals surface area contributed by atoms with E-state index in [1.165, 1.54) is 0 Å². The molecule has 0 saturated heterocycles. The minimum Gasteiger partial charge on any atom is -0.349 e. The quantitative estimate of drug-likeness (QED) is 0.845. The summed E-state index contributed by atoms with van der Waals surface area (Å²) in [7, 11) is 0. The third-order valence-corrected chi connectivity index (χ3v) is 2.84. The molecule has 0 saturated carbocycles. The van der Waals surface area contributed by atoms with E-state index in [-0.39, 0.29) is 17.8 Å². The maximum absolute atomic E-state index is 11.0. The van der Waals surface area contributed by atoms with Crippen LogP contribution in [0.3, 0.4) is 0 Å². The number of carbonyl (C=O) groups excluding carboxylic acids is 1. The van der Waals surface area contributed by atoms with Gasteiger partial charge in [-0.25, -0.2) is 0 Å². The van der Waals surface area contributed by atoms with Crippen molar-refractivity contribution in [2.75, 3.05) is 5.88 Å². The molecule has 1 rings (SSSR count). The number of benzene rings is 1. The molecular weight excluding hydrogens is 265 g/mol. The van der Waals surface area contributed by atoms with Crippen LogP contribution in [0.15, 0.2) is 28.7 Å². The van der Waals surface area contributed by atoms with Crippen molar-refractivity contribution in [3.05, 3.63) is 34.3 Å². The van der Waals surface area contributed by atoms with Gasteiger partial charge in [-0.05, 0) is 18.6 Å². The van der Waals surface area contributed by atoms with Crippen molar-refractivity contribution in [3.63, 3.8) is 0 Å². The number of nitrogens with one attached hydrogen (secondary N) is 1. The minimum absolute atomic E-state index is 0.00517. The molecule has 14 heavy (non-hydrogen) atoms. The summed E-state index contributed by atoms with van der Waals surface area (Å²) in [4.78, 5) is 11.0. The number of carbonyl (C=O) groups is 1. The average molecular weight is 277 g/mol. The minimum atomic E-state index is -0.157. The van der Waals surface area contributed by atoms with Gasteiger partial charge in [-0.15, -0.1) is 11.6 Å². The zero-order valence-electron chi connectivity index (χ0n) is 7.76. The van der Waals surface area contributed by atoms with Crippen molar-refractivity contribution in [2.45, 2.75) is 13.0 Å². The molecule has 0 aliphatic heterocycles. The van der Waals surface area contributed by atoms with Crippen molar-refractivity contribution in [2.24, 2.45) is 0 Å². The second kappa shape index (κ2) is 5.37. The van der Waals surface area contributed by atoms with Gasteiger partial charge in [0.15, 0.2) is 0 Å². The summed E-state index contributed by atoms with van der Waals surface area (Å²) >= 11 is 8.82. The van der Waals surface area contributed by atoms with Gasteiger partial charge < -0.3 is 5.32 Å². The first-order valence-corrected chi connectivity index (χ1v) is 5.57. The SMILES string of the molecule is C[C@@H](NC(=O)CCl)c1ccccc1Br. The second-order valence-corrected chi connectivity index (χ2v) is 4.07. The molecule has 0 aliphatic rings. The summed E-state index contributed by atoms with van der Waals surface area (Å²) in [5, 5.41) is 2.79. The normalized spacial score (nSPS) is 12.2. The van der Waals surface area contributed by atoms with E-state index in [1.807, 2.05) is 31.2 Å². The summed E-state index contributed by atoms with van der Waals surface area (Å²) < 4.78 is 0.988. The van der Waals surface area contributed by atoms with Crippen molar-refractivity contribution < 1.29 is 4.79 Å². The molecule has 0 aromatic heterocycles. The highest BCUT2D eigenvalue weighted by molar-refractivity contribution is 9.10. The molecule has 0 fully saturated rings. The molecule has 1 atom stereocenters. The van der Waals surface area contributed by atoms with Gasteiger partial charge in [0.05, 0.1) is 6.04 Å². The number of hydrogen-bond donors (Lipinski definition) is 1. The van der Waals surface area contributed by atoms with Crippen molar-refractivity contribution >= 4 is 33.4 Å². The predicted octanol–water partition coefficient (Wildman–Crippen LogP) is 2.87. The summed E-state index contributed by atoms with van der Waals surface area (Å²) in [5.41, 5.74) is 1.05. The zero-order chi connectivity index (χ0) is 10.6. The van der Waals surface area contributed by atoms with E-state index in [0.29, 0.717) is 0 Å². The molecule has 1 N–H and O–H groups in total. The van der Waals surface area contributed by atoms with Crippen LogP contribution in [0.4, 0.5) is 0 Å². The fourth-order valence-corrected chi connectivity index (χ4v) is 1.89. The second-order valence-electron chi connectivity index (χ2n) is 2.94. The van der Waals surface area contributed by atoms with Crippen molar-refractivity contribution in [1.82, 2.24) is 5.32 Å². The van der Waals surface area contributed by atoms with Crippen LogP contribution in [0.25, 0.3) is 0 Å². The van der Waals surface area contributed by atoms with Crippen LogP contribution in [0.2, 0.25) is 0 Å². The summed E-state index contributed by atoms with van der Waals surface area (Å²) in [6.07, 6.45) is 0. The van der Waals surface area contributed by atoms with Crippen LogP contribution in [-0.4, -0.2) is 11.8 Å². The van der Waals surface area contributed by atoms with Gasteiger partial charge in [0.2, 0.25) is 5.91 Å². The van der Waals surface area contributed by atoms with Gasteiger partial charge in [-0.1, -0.05) is 34.1 Å². The van der Waals surface area contributed by atoms with Gasteiger partial charge >= 0.3 is 0 Å². The van der Waals surface area contributed by atoms with E-state index in [9.17, 15) is 4.79 Å². The summed E-state index contributed by atoms with van der Waals surface area (Å²) in [6, 6.07) is 7.74. The van der Waals surface area contributed by atoms with E-state index in [4.69, 9.17) is 11.6 Å². The lowest BCUT2D eigenvalue weighted by Gasteiger charge is -2.14. The maximum Gasteiger partial charge on any atom is 0.235 e. The smallest absolute Gasteiger partial charge is 0.235 e. The highest BCUT2D eigenvalue weighted by atomic mass is 79.9. The molecular formula is C10H11BrClNO. The lowest BCUT2D eigenvalue weighted by atomic mass is 10.1. The predicted molar refractivity (Wildman–Crippen MR) is 61.4 cm³/mol. The van der Waals surface area contributed by atoms with Crippen LogP contribution >= 0.6 is 27.5 Å². The van der Waals surface area contributed by atoms with E-state index in [1.54, 1.807) is 0 Å². The van der Waals surface area contributed by atoms with Crippen molar-refractivity contribution in [3.8, 4) is 0 Å². The summed E-state index contributed by atoms with van der Waals surface area (Å²) in [5.74, 6) is -0.163. The number of hydrogen-bond acceptors (Lipinski definition) is 1. The number of halogens is 2. The Bertz CT molecular complexity index is 330. The van der Waals surface area contributed by atoms with Gasteiger partial charge in [0, 0.05) is 4.47 Å². The van der Waals surface area contributed by atoms with Gasteiger partial charge in [0.25, 0.3) is 0 Å². The average Bonchev–Trinajstić information content (AvgIpc) is 2.18. The third-order valence-electron chi connectivity index (χ3n) is 1.87. The van der Waals surface area contributed by atoms with Crippen LogP contribution in [0, 0.1) is 0 Å². The Morgan fingerprint density at radius 2 is 2.21 bits per heavy atom. The van der Waals surface area contributed by atoms with E-state index in [0.717, 1.165) is 10.0 Å². The maximum atomic E-state index is 11.0. The largest absolute Gasteiger partial charge is 0.349 e. The molecule has 1 aromatic rings. The zero-order valence-corrected chi connectivity index (χ0v) is 10.1. The van der Waals surface area contributed by atoms with E-state index in [2.05, 4.69) is 21.2 Å². The molecule has 2 nitrogen and oxygen atoms in total. The Morgan fingerprint density at radius 3 is 2.79 bits per heavy atom. The number of alkyl halides is 1. The van der Waals surface area contributed by atoms with Gasteiger partial charge in [-0.2, -0.15) is 0 Å². The highest BCUT2D eigenvalue weighted by Gasteiger charge is 2.10. The standard InChI is InChI=1S/C10H11BrClNO/c1-7(13-10(14)6-12)8-4-2-3-5-9(8)11/h2-5,7H,6H2,1H3,(H,13,14)/t7-/m1/s1.